The van der Waals surface area contributed by atoms with Crippen molar-refractivity contribution in [1.82, 2.24) is 16.0 Å². The van der Waals surface area contributed by atoms with Gasteiger partial charge in [0.25, 0.3) is 0 Å². The molecule has 1 aromatic carbocycles. The van der Waals surface area contributed by atoms with Gasteiger partial charge in [0.05, 0.1) is 6.61 Å². The smallest absolute Gasteiger partial charge is 0.407 e. The predicted octanol–water partition coefficient (Wildman–Crippen LogP) is 3.07. The Labute approximate surface area is 179 Å². The predicted molar refractivity (Wildman–Crippen MR) is 120 cm³/mol. The summed E-state index contributed by atoms with van der Waals surface area (Å²) in [6, 6.07) is 8.01. The second-order valence-corrected chi connectivity index (χ2v) is 6.87. The maximum Gasteiger partial charge on any atom is 0.407 e. The van der Waals surface area contributed by atoms with Crippen LogP contribution in [0.3, 0.4) is 0 Å². The summed E-state index contributed by atoms with van der Waals surface area (Å²) >= 11 is 0. The molecule has 0 unspecified atom stereocenters. The molecule has 0 radical (unpaired) electrons. The highest BCUT2D eigenvalue weighted by Crippen LogP contribution is 2.11. The third-order valence-electron chi connectivity index (χ3n) is 3.21. The van der Waals surface area contributed by atoms with E-state index in [1.165, 1.54) is 5.56 Å². The van der Waals surface area contributed by atoms with Gasteiger partial charge in [0.2, 0.25) is 0 Å². The number of carbonyl (C=O) groups is 1. The molecule has 8 heteroatoms. The Morgan fingerprint density at radius 2 is 1.63 bits per heavy atom. The molecule has 0 bridgehead atoms. The molecule has 0 aromatic heterocycles. The number of aliphatic imine (C=N–C) groups is 1. The molecule has 0 fully saturated rings. The first-order valence-electron chi connectivity index (χ1n) is 8.91. The first kappa shape index (κ1) is 25.3. The molecule has 154 valence electrons. The molecule has 1 amide bonds. The molecule has 0 aliphatic carbocycles. The molecule has 3 N–H and O–H groups in total. The van der Waals surface area contributed by atoms with E-state index in [1.54, 1.807) is 7.05 Å². The van der Waals surface area contributed by atoms with Crippen molar-refractivity contribution in [3.63, 3.8) is 0 Å². The third kappa shape index (κ3) is 13.2. The average Bonchev–Trinajstić information content (AvgIpc) is 2.56. The molecular formula is C19H33IN4O3. The second-order valence-electron chi connectivity index (χ2n) is 6.87. The first-order valence-corrected chi connectivity index (χ1v) is 8.91. The van der Waals surface area contributed by atoms with Gasteiger partial charge in [-0.05, 0) is 46.2 Å². The van der Waals surface area contributed by atoms with Gasteiger partial charge in [0, 0.05) is 26.7 Å². The summed E-state index contributed by atoms with van der Waals surface area (Å²) < 4.78 is 10.8. The van der Waals surface area contributed by atoms with Crippen molar-refractivity contribution in [2.45, 2.75) is 39.7 Å². The number of benzene rings is 1. The molecule has 0 heterocycles. The Bertz CT molecular complexity index is 571. The molecule has 0 saturated carbocycles. The van der Waals surface area contributed by atoms with Gasteiger partial charge in [-0.3, -0.25) is 4.99 Å². The SMILES string of the molecule is CN=C(NCCCOc1ccc(C)cc1)NCCNC(=O)OC(C)(C)C.I. The van der Waals surface area contributed by atoms with Crippen LogP contribution in [0.4, 0.5) is 4.79 Å². The number of amides is 1. The van der Waals surface area contributed by atoms with Gasteiger partial charge in [0.1, 0.15) is 11.4 Å². The van der Waals surface area contributed by atoms with Crippen LogP contribution >= 0.6 is 24.0 Å². The van der Waals surface area contributed by atoms with E-state index < -0.39 is 11.7 Å². The molecule has 27 heavy (non-hydrogen) atoms. The van der Waals surface area contributed by atoms with Gasteiger partial charge in [-0.25, -0.2) is 4.79 Å². The van der Waals surface area contributed by atoms with Crippen molar-refractivity contribution in [2.75, 3.05) is 33.3 Å². The summed E-state index contributed by atoms with van der Waals surface area (Å²) in [7, 11) is 1.71. The van der Waals surface area contributed by atoms with Gasteiger partial charge in [-0.2, -0.15) is 0 Å². The van der Waals surface area contributed by atoms with Gasteiger partial charge in [0.15, 0.2) is 5.96 Å². The molecule has 7 nitrogen and oxygen atoms in total. The minimum atomic E-state index is -0.490. The maximum absolute atomic E-state index is 11.5. The topological polar surface area (TPSA) is 84.0 Å². The number of hydrogen-bond acceptors (Lipinski definition) is 4. The Hall–Kier alpha value is -1.71. The lowest BCUT2D eigenvalue weighted by Crippen LogP contribution is -2.42. The minimum Gasteiger partial charge on any atom is -0.494 e. The van der Waals surface area contributed by atoms with Gasteiger partial charge in [-0.15, -0.1) is 24.0 Å². The molecule has 0 aliphatic heterocycles. The van der Waals surface area contributed by atoms with E-state index >= 15 is 0 Å². The summed E-state index contributed by atoms with van der Waals surface area (Å²) in [5.74, 6) is 1.57. The Kier molecular flexibility index (Phi) is 12.6. The number of rotatable bonds is 8. The van der Waals surface area contributed by atoms with Crippen LogP contribution in [-0.2, 0) is 4.74 Å². The van der Waals surface area contributed by atoms with E-state index in [-0.39, 0.29) is 24.0 Å². The fraction of sp³-hybridized carbons (Fsp3) is 0.579. The van der Waals surface area contributed by atoms with Crippen LogP contribution in [-0.4, -0.2) is 50.9 Å². The van der Waals surface area contributed by atoms with Crippen LogP contribution in [0.5, 0.6) is 5.75 Å². The molecule has 0 atom stereocenters. The van der Waals surface area contributed by atoms with Crippen LogP contribution in [0.1, 0.15) is 32.8 Å². The van der Waals surface area contributed by atoms with E-state index in [4.69, 9.17) is 9.47 Å². The lowest BCUT2D eigenvalue weighted by molar-refractivity contribution is 0.0529. The van der Waals surface area contributed by atoms with Crippen LogP contribution < -0.4 is 20.7 Å². The van der Waals surface area contributed by atoms with E-state index in [0.717, 1.165) is 18.7 Å². The molecule has 0 aliphatic rings. The number of alkyl carbamates (subject to hydrolysis) is 1. The molecule has 0 spiro atoms. The van der Waals surface area contributed by atoms with E-state index in [1.807, 2.05) is 45.0 Å². The van der Waals surface area contributed by atoms with Crippen molar-refractivity contribution in [2.24, 2.45) is 4.99 Å². The molecular weight excluding hydrogens is 459 g/mol. The quantitative estimate of drug-likeness (QED) is 0.225. The summed E-state index contributed by atoms with van der Waals surface area (Å²) in [5.41, 5.74) is 0.727. The highest BCUT2D eigenvalue weighted by molar-refractivity contribution is 14.0. The number of aryl methyl sites for hydroxylation is 1. The standard InChI is InChI=1S/C19H32N4O3.HI/c1-15-7-9-16(10-8-15)25-14-6-11-21-17(20-5)22-12-13-23-18(24)26-19(2,3)4;/h7-10H,6,11-14H2,1-5H3,(H,23,24)(H2,20,21,22);1H. The zero-order valence-corrected chi connectivity index (χ0v) is 19.3. The third-order valence-corrected chi connectivity index (χ3v) is 3.21. The van der Waals surface area contributed by atoms with E-state index in [0.29, 0.717) is 25.7 Å². The zero-order chi connectivity index (χ0) is 19.4. The number of nitrogens with one attached hydrogen (secondary N) is 3. The van der Waals surface area contributed by atoms with Crippen LogP contribution in [0.15, 0.2) is 29.3 Å². The number of carbonyl (C=O) groups excluding carboxylic acids is 1. The van der Waals surface area contributed by atoms with Crippen LogP contribution in [0.25, 0.3) is 0 Å². The summed E-state index contributed by atoms with van der Waals surface area (Å²) in [5, 5.41) is 9.03. The number of halogens is 1. The number of nitrogens with zero attached hydrogens (tertiary/aromatic N) is 1. The van der Waals surface area contributed by atoms with Crippen molar-refractivity contribution < 1.29 is 14.3 Å². The molecule has 1 rings (SSSR count). The lowest BCUT2D eigenvalue weighted by Gasteiger charge is -2.19. The largest absolute Gasteiger partial charge is 0.494 e. The van der Waals surface area contributed by atoms with Crippen molar-refractivity contribution in [3.05, 3.63) is 29.8 Å². The summed E-state index contributed by atoms with van der Waals surface area (Å²) in [6.07, 6.45) is 0.431. The number of hydrogen-bond donors (Lipinski definition) is 3. The van der Waals surface area contributed by atoms with Crippen molar-refractivity contribution in [1.29, 1.82) is 0 Å². The summed E-state index contributed by atoms with van der Waals surface area (Å²) in [4.78, 5) is 15.7. The fourth-order valence-corrected chi connectivity index (χ4v) is 1.98. The van der Waals surface area contributed by atoms with Crippen molar-refractivity contribution in [3.8, 4) is 5.75 Å². The van der Waals surface area contributed by atoms with Gasteiger partial charge >= 0.3 is 6.09 Å². The first-order chi connectivity index (χ1) is 12.3. The Morgan fingerprint density at radius 1 is 1.04 bits per heavy atom. The lowest BCUT2D eigenvalue weighted by atomic mass is 10.2. The summed E-state index contributed by atoms with van der Waals surface area (Å²) in [6.45, 7) is 9.93. The highest BCUT2D eigenvalue weighted by Gasteiger charge is 2.15. The second kappa shape index (κ2) is 13.5. The minimum absolute atomic E-state index is 0. The van der Waals surface area contributed by atoms with Gasteiger partial charge < -0.3 is 25.4 Å². The zero-order valence-electron chi connectivity index (χ0n) is 16.9. The Balaban J connectivity index is 0.00000676. The van der Waals surface area contributed by atoms with Crippen LogP contribution in [0.2, 0.25) is 0 Å². The van der Waals surface area contributed by atoms with Crippen molar-refractivity contribution >= 4 is 36.0 Å². The van der Waals surface area contributed by atoms with E-state index in [9.17, 15) is 4.79 Å². The normalized spacial score (nSPS) is 11.2. The number of ether oxygens (including phenoxy) is 2. The highest BCUT2D eigenvalue weighted by atomic mass is 127. The molecule has 1 aromatic rings. The molecule has 0 saturated heterocycles. The fourth-order valence-electron chi connectivity index (χ4n) is 1.98. The average molecular weight is 492 g/mol. The maximum atomic E-state index is 11.5. The Morgan fingerprint density at radius 3 is 2.22 bits per heavy atom. The van der Waals surface area contributed by atoms with E-state index in [2.05, 4.69) is 27.9 Å². The number of guanidine groups is 1. The monoisotopic (exact) mass is 492 g/mol. The van der Waals surface area contributed by atoms with Crippen LogP contribution in [0, 0.1) is 6.92 Å². The van der Waals surface area contributed by atoms with Gasteiger partial charge in [-0.1, -0.05) is 17.7 Å².